The first-order valence-corrected chi connectivity index (χ1v) is 6.29. The van der Waals surface area contributed by atoms with Crippen LogP contribution in [0.4, 0.5) is 5.69 Å². The van der Waals surface area contributed by atoms with Gasteiger partial charge in [-0.15, -0.1) is 0 Å². The fourth-order valence-corrected chi connectivity index (χ4v) is 1.91. The lowest BCUT2D eigenvalue weighted by atomic mass is 10.1. The van der Waals surface area contributed by atoms with Crippen molar-refractivity contribution in [1.29, 1.82) is 0 Å². The molecular weight excluding hydrogens is 240 g/mol. The molecule has 0 aliphatic heterocycles. The number of rotatable bonds is 5. The molecule has 2 rings (SSSR count). The Hall–Kier alpha value is -2.23. The number of hydrogen-bond acceptors (Lipinski definition) is 3. The molecule has 0 aliphatic rings. The molecule has 4 nitrogen and oxygen atoms in total. The van der Waals surface area contributed by atoms with Gasteiger partial charge in [-0.25, -0.2) is 0 Å². The van der Waals surface area contributed by atoms with Crippen LogP contribution in [-0.4, -0.2) is 19.5 Å². The predicted molar refractivity (Wildman–Crippen MR) is 75.5 cm³/mol. The van der Waals surface area contributed by atoms with Gasteiger partial charge in [-0.3, -0.25) is 4.79 Å². The highest BCUT2D eigenvalue weighted by atomic mass is 16.3. The van der Waals surface area contributed by atoms with Gasteiger partial charge in [-0.1, -0.05) is 6.07 Å². The second-order valence-electron chi connectivity index (χ2n) is 4.38. The zero-order valence-electron chi connectivity index (χ0n) is 11.2. The van der Waals surface area contributed by atoms with E-state index in [9.17, 15) is 4.79 Å². The van der Waals surface area contributed by atoms with Crippen LogP contribution in [0.1, 0.15) is 21.7 Å². The average Bonchev–Trinajstić information content (AvgIpc) is 2.91. The SMILES string of the molecule is CNc1cc(C)ccc1C(=O)NCCc1ccco1. The summed E-state index contributed by atoms with van der Waals surface area (Å²) in [6, 6.07) is 9.47. The third kappa shape index (κ3) is 3.37. The maximum atomic E-state index is 12.1. The van der Waals surface area contributed by atoms with Crippen molar-refractivity contribution in [3.8, 4) is 0 Å². The lowest BCUT2D eigenvalue weighted by Crippen LogP contribution is -2.26. The third-order valence-corrected chi connectivity index (χ3v) is 2.93. The number of nitrogens with one attached hydrogen (secondary N) is 2. The van der Waals surface area contributed by atoms with Crippen LogP contribution in [0.25, 0.3) is 0 Å². The number of aryl methyl sites for hydroxylation is 1. The van der Waals surface area contributed by atoms with Gasteiger partial charge in [0.1, 0.15) is 5.76 Å². The molecule has 1 heterocycles. The van der Waals surface area contributed by atoms with Crippen LogP contribution in [0.5, 0.6) is 0 Å². The number of benzene rings is 1. The number of hydrogen-bond donors (Lipinski definition) is 2. The molecule has 0 radical (unpaired) electrons. The zero-order chi connectivity index (χ0) is 13.7. The number of carbonyl (C=O) groups is 1. The van der Waals surface area contributed by atoms with E-state index in [2.05, 4.69) is 10.6 Å². The summed E-state index contributed by atoms with van der Waals surface area (Å²) in [5.41, 5.74) is 2.62. The molecule has 2 N–H and O–H groups in total. The second-order valence-corrected chi connectivity index (χ2v) is 4.38. The quantitative estimate of drug-likeness (QED) is 0.866. The molecule has 0 atom stereocenters. The van der Waals surface area contributed by atoms with E-state index in [1.54, 1.807) is 6.26 Å². The van der Waals surface area contributed by atoms with Gasteiger partial charge >= 0.3 is 0 Å². The zero-order valence-corrected chi connectivity index (χ0v) is 11.2. The Morgan fingerprint density at radius 3 is 2.84 bits per heavy atom. The Bertz CT molecular complexity index is 547. The van der Waals surface area contributed by atoms with Crippen LogP contribution in [0.3, 0.4) is 0 Å². The topological polar surface area (TPSA) is 54.3 Å². The largest absolute Gasteiger partial charge is 0.469 e. The molecule has 1 amide bonds. The predicted octanol–water partition coefficient (Wildman–Crippen LogP) is 2.60. The summed E-state index contributed by atoms with van der Waals surface area (Å²) in [6.07, 6.45) is 2.33. The number of anilines is 1. The first-order chi connectivity index (χ1) is 9.20. The highest BCUT2D eigenvalue weighted by Crippen LogP contribution is 2.16. The summed E-state index contributed by atoms with van der Waals surface area (Å²) >= 11 is 0. The maximum Gasteiger partial charge on any atom is 0.253 e. The standard InChI is InChI=1S/C15H18N2O2/c1-11-5-6-13(14(10-11)16-2)15(18)17-8-7-12-4-3-9-19-12/h3-6,9-10,16H,7-8H2,1-2H3,(H,17,18). The minimum Gasteiger partial charge on any atom is -0.469 e. The Labute approximate surface area is 112 Å². The van der Waals surface area contributed by atoms with Crippen molar-refractivity contribution < 1.29 is 9.21 Å². The average molecular weight is 258 g/mol. The fraction of sp³-hybridized carbons (Fsp3) is 0.267. The lowest BCUT2D eigenvalue weighted by molar-refractivity contribution is 0.0954. The molecule has 0 saturated carbocycles. The molecule has 2 aromatic rings. The maximum absolute atomic E-state index is 12.1. The van der Waals surface area contributed by atoms with E-state index in [-0.39, 0.29) is 5.91 Å². The van der Waals surface area contributed by atoms with E-state index in [0.29, 0.717) is 18.5 Å². The van der Waals surface area contributed by atoms with Gasteiger partial charge < -0.3 is 15.1 Å². The molecule has 0 unspecified atom stereocenters. The Morgan fingerprint density at radius 2 is 2.16 bits per heavy atom. The smallest absolute Gasteiger partial charge is 0.253 e. The first-order valence-electron chi connectivity index (χ1n) is 6.29. The van der Waals surface area contributed by atoms with Gasteiger partial charge in [-0.05, 0) is 36.8 Å². The first kappa shape index (κ1) is 13.2. The van der Waals surface area contributed by atoms with Gasteiger partial charge in [-0.2, -0.15) is 0 Å². The molecule has 19 heavy (non-hydrogen) atoms. The van der Waals surface area contributed by atoms with Crippen LogP contribution in [0.15, 0.2) is 41.0 Å². The molecule has 1 aromatic carbocycles. The molecule has 0 spiro atoms. The highest BCUT2D eigenvalue weighted by molar-refractivity contribution is 5.99. The van der Waals surface area contributed by atoms with Gasteiger partial charge in [0.15, 0.2) is 0 Å². The van der Waals surface area contributed by atoms with Gasteiger partial charge in [0, 0.05) is 25.7 Å². The van der Waals surface area contributed by atoms with Gasteiger partial charge in [0.25, 0.3) is 5.91 Å². The Balaban J connectivity index is 1.96. The minimum atomic E-state index is -0.0732. The molecule has 4 heteroatoms. The van der Waals surface area contributed by atoms with E-state index in [1.807, 2.05) is 44.3 Å². The molecular formula is C15H18N2O2. The fourth-order valence-electron chi connectivity index (χ4n) is 1.91. The van der Waals surface area contributed by atoms with Crippen LogP contribution < -0.4 is 10.6 Å². The monoisotopic (exact) mass is 258 g/mol. The Kier molecular flexibility index (Phi) is 4.23. The molecule has 0 bridgehead atoms. The third-order valence-electron chi connectivity index (χ3n) is 2.93. The van der Waals surface area contributed by atoms with E-state index < -0.39 is 0 Å². The lowest BCUT2D eigenvalue weighted by Gasteiger charge is -2.10. The van der Waals surface area contributed by atoms with Crippen molar-refractivity contribution in [2.24, 2.45) is 0 Å². The number of amides is 1. The van der Waals surface area contributed by atoms with Crippen LogP contribution >= 0.6 is 0 Å². The van der Waals surface area contributed by atoms with E-state index in [4.69, 9.17) is 4.42 Å². The molecule has 0 fully saturated rings. The molecule has 1 aromatic heterocycles. The van der Waals surface area contributed by atoms with Gasteiger partial charge in [0.05, 0.1) is 11.8 Å². The van der Waals surface area contributed by atoms with Crippen molar-refractivity contribution >= 4 is 11.6 Å². The minimum absolute atomic E-state index is 0.0732. The van der Waals surface area contributed by atoms with Crippen molar-refractivity contribution in [1.82, 2.24) is 5.32 Å². The summed E-state index contributed by atoms with van der Waals surface area (Å²) in [7, 11) is 1.81. The summed E-state index contributed by atoms with van der Waals surface area (Å²) in [5, 5.41) is 5.93. The molecule has 0 aliphatic carbocycles. The summed E-state index contributed by atoms with van der Waals surface area (Å²) in [4.78, 5) is 12.1. The normalized spacial score (nSPS) is 10.2. The second kappa shape index (κ2) is 6.09. The van der Waals surface area contributed by atoms with E-state index >= 15 is 0 Å². The number of furan rings is 1. The van der Waals surface area contributed by atoms with Crippen LogP contribution in [0, 0.1) is 6.92 Å². The molecule has 100 valence electrons. The number of carbonyl (C=O) groups excluding carboxylic acids is 1. The Morgan fingerprint density at radius 1 is 1.32 bits per heavy atom. The van der Waals surface area contributed by atoms with Crippen molar-refractivity contribution in [3.63, 3.8) is 0 Å². The van der Waals surface area contributed by atoms with Crippen molar-refractivity contribution in [2.75, 3.05) is 18.9 Å². The van der Waals surface area contributed by atoms with Crippen LogP contribution in [0.2, 0.25) is 0 Å². The summed E-state index contributed by atoms with van der Waals surface area (Å²) in [5.74, 6) is 0.800. The van der Waals surface area contributed by atoms with Crippen molar-refractivity contribution in [3.05, 3.63) is 53.5 Å². The van der Waals surface area contributed by atoms with E-state index in [1.165, 1.54) is 0 Å². The van der Waals surface area contributed by atoms with Crippen LogP contribution in [-0.2, 0) is 6.42 Å². The van der Waals surface area contributed by atoms with Gasteiger partial charge in [0.2, 0.25) is 0 Å². The summed E-state index contributed by atoms with van der Waals surface area (Å²) in [6.45, 7) is 2.56. The van der Waals surface area contributed by atoms with E-state index in [0.717, 1.165) is 17.0 Å². The van der Waals surface area contributed by atoms with Crippen molar-refractivity contribution in [2.45, 2.75) is 13.3 Å². The highest BCUT2D eigenvalue weighted by Gasteiger charge is 2.10. The molecule has 0 saturated heterocycles. The summed E-state index contributed by atoms with van der Waals surface area (Å²) < 4.78 is 5.22.